The molecular weight excluding hydrogens is 376 g/mol. The van der Waals surface area contributed by atoms with Crippen LogP contribution in [0.3, 0.4) is 0 Å². The first-order valence-electron chi connectivity index (χ1n) is 13.4. The molecular formula is C30H52O. The lowest BCUT2D eigenvalue weighted by atomic mass is 9.40. The van der Waals surface area contributed by atoms with Gasteiger partial charge in [0.15, 0.2) is 0 Å². The molecule has 1 N–H and O–H groups in total. The predicted molar refractivity (Wildman–Crippen MR) is 135 cm³/mol. The Morgan fingerprint density at radius 3 is 2.35 bits per heavy atom. The molecule has 3 aliphatic rings. The summed E-state index contributed by atoms with van der Waals surface area (Å²) in [6.07, 6.45) is 15.5. The lowest BCUT2D eigenvalue weighted by molar-refractivity contribution is -0.144. The van der Waals surface area contributed by atoms with Crippen molar-refractivity contribution >= 4 is 0 Å². The van der Waals surface area contributed by atoms with E-state index in [4.69, 9.17) is 0 Å². The zero-order valence-electron chi connectivity index (χ0n) is 22.1. The largest absolute Gasteiger partial charge is 0.396 e. The van der Waals surface area contributed by atoms with E-state index in [1.807, 2.05) is 0 Å². The maximum absolute atomic E-state index is 9.62. The minimum atomic E-state index is 0.341. The summed E-state index contributed by atoms with van der Waals surface area (Å²) in [5.41, 5.74) is 6.14. The van der Waals surface area contributed by atoms with Crippen molar-refractivity contribution in [3.8, 4) is 0 Å². The highest BCUT2D eigenvalue weighted by atomic mass is 16.2. The van der Waals surface area contributed by atoms with Gasteiger partial charge in [-0.15, -0.1) is 0 Å². The molecule has 0 heterocycles. The molecule has 1 heteroatoms. The lowest BCUT2D eigenvalue weighted by Crippen LogP contribution is -2.57. The van der Waals surface area contributed by atoms with Crippen LogP contribution in [-0.4, -0.2) is 11.7 Å². The van der Waals surface area contributed by atoms with Gasteiger partial charge in [-0.25, -0.2) is 0 Å². The van der Waals surface area contributed by atoms with E-state index in [-0.39, 0.29) is 0 Å². The molecule has 3 saturated carbocycles. The standard InChI is InChI=1S/C30H52O/c1-21(2)11-9-12-23(5)25-16-17-30(8)27-15-14-24(22(3)4)26(13-10-20-31)28(27,6)18-19-29(25,30)7/h11,23,25-27,31H,9-10,12-20H2,1-8H3. The number of hydrogen-bond donors (Lipinski definition) is 1. The summed E-state index contributed by atoms with van der Waals surface area (Å²) in [5, 5.41) is 9.62. The third-order valence-corrected chi connectivity index (χ3v) is 10.9. The van der Waals surface area contributed by atoms with Gasteiger partial charge < -0.3 is 5.11 Å². The summed E-state index contributed by atoms with van der Waals surface area (Å²) in [4.78, 5) is 0. The summed E-state index contributed by atoms with van der Waals surface area (Å²) in [7, 11) is 0. The zero-order chi connectivity index (χ0) is 23.0. The van der Waals surface area contributed by atoms with Crippen LogP contribution in [-0.2, 0) is 0 Å². The Morgan fingerprint density at radius 1 is 1.03 bits per heavy atom. The summed E-state index contributed by atoms with van der Waals surface area (Å²) >= 11 is 0. The second kappa shape index (κ2) is 9.36. The number of aliphatic hydroxyl groups is 1. The summed E-state index contributed by atoms with van der Waals surface area (Å²) < 4.78 is 0. The molecule has 3 rings (SSSR count). The lowest BCUT2D eigenvalue weighted by Gasteiger charge is -2.65. The van der Waals surface area contributed by atoms with E-state index in [0.29, 0.717) is 28.8 Å². The highest BCUT2D eigenvalue weighted by molar-refractivity contribution is 5.25. The van der Waals surface area contributed by atoms with Crippen molar-refractivity contribution in [3.05, 3.63) is 22.8 Å². The van der Waals surface area contributed by atoms with Crippen LogP contribution in [0.5, 0.6) is 0 Å². The predicted octanol–water partition coefficient (Wildman–Crippen LogP) is 8.73. The van der Waals surface area contributed by atoms with Gasteiger partial charge >= 0.3 is 0 Å². The molecule has 178 valence electrons. The topological polar surface area (TPSA) is 20.2 Å². The van der Waals surface area contributed by atoms with Crippen LogP contribution in [0.4, 0.5) is 0 Å². The average Bonchev–Trinajstić information content (AvgIpc) is 2.97. The van der Waals surface area contributed by atoms with E-state index in [9.17, 15) is 5.11 Å². The zero-order valence-corrected chi connectivity index (χ0v) is 22.1. The van der Waals surface area contributed by atoms with Gasteiger partial charge in [0, 0.05) is 6.61 Å². The Balaban J connectivity index is 1.88. The van der Waals surface area contributed by atoms with Crippen LogP contribution < -0.4 is 0 Å². The van der Waals surface area contributed by atoms with Crippen molar-refractivity contribution in [2.45, 2.75) is 120 Å². The van der Waals surface area contributed by atoms with Crippen LogP contribution >= 0.6 is 0 Å². The van der Waals surface area contributed by atoms with Crippen molar-refractivity contribution in [3.63, 3.8) is 0 Å². The minimum Gasteiger partial charge on any atom is -0.396 e. The summed E-state index contributed by atoms with van der Waals surface area (Å²) in [6, 6.07) is 0. The van der Waals surface area contributed by atoms with E-state index in [1.54, 1.807) is 11.1 Å². The second-order valence-corrected chi connectivity index (χ2v) is 12.9. The molecule has 3 aliphatic carbocycles. The molecule has 0 bridgehead atoms. The van der Waals surface area contributed by atoms with E-state index < -0.39 is 0 Å². The highest BCUT2D eigenvalue weighted by Gasteiger charge is 2.66. The van der Waals surface area contributed by atoms with Crippen LogP contribution in [0.1, 0.15) is 120 Å². The van der Waals surface area contributed by atoms with E-state index >= 15 is 0 Å². The molecule has 0 aromatic carbocycles. The fraction of sp³-hybridized carbons (Fsp3) is 0.867. The molecule has 0 amide bonds. The Labute approximate surface area is 194 Å². The molecule has 0 aromatic rings. The van der Waals surface area contributed by atoms with Crippen LogP contribution in [0.2, 0.25) is 0 Å². The Hall–Kier alpha value is -0.560. The fourth-order valence-electron chi connectivity index (χ4n) is 9.04. The summed E-state index contributed by atoms with van der Waals surface area (Å²) in [6.45, 7) is 20.1. The smallest absolute Gasteiger partial charge is 0.0431 e. The number of hydrogen-bond acceptors (Lipinski definition) is 1. The number of allylic oxidation sites excluding steroid dienone is 4. The molecule has 0 saturated heterocycles. The van der Waals surface area contributed by atoms with Gasteiger partial charge in [0.05, 0.1) is 0 Å². The highest BCUT2D eigenvalue weighted by Crippen LogP contribution is 2.74. The third kappa shape index (κ3) is 4.22. The molecule has 7 unspecified atom stereocenters. The molecule has 7 atom stereocenters. The van der Waals surface area contributed by atoms with Gasteiger partial charge in [-0.05, 0) is 132 Å². The van der Waals surface area contributed by atoms with Crippen LogP contribution in [0.25, 0.3) is 0 Å². The quantitative estimate of drug-likeness (QED) is 0.402. The molecule has 0 radical (unpaired) electrons. The SMILES string of the molecule is CC(C)=CCCC(C)C1CCC2(C)C3CCC(=C(C)C)C(CCCO)C3(C)CCC12C. The Bertz CT molecular complexity index is 693. The van der Waals surface area contributed by atoms with Gasteiger partial charge in [0.25, 0.3) is 0 Å². The van der Waals surface area contributed by atoms with Gasteiger partial charge in [0.2, 0.25) is 0 Å². The Morgan fingerprint density at radius 2 is 1.74 bits per heavy atom. The number of fused-ring (bicyclic) bond motifs is 3. The first-order valence-corrected chi connectivity index (χ1v) is 13.4. The van der Waals surface area contributed by atoms with Crippen molar-refractivity contribution in [2.75, 3.05) is 6.61 Å². The number of aliphatic hydroxyl groups excluding tert-OH is 1. The average molecular weight is 429 g/mol. The maximum atomic E-state index is 9.62. The van der Waals surface area contributed by atoms with Crippen molar-refractivity contribution < 1.29 is 5.11 Å². The third-order valence-electron chi connectivity index (χ3n) is 10.9. The normalized spacial score (nSPS) is 40.8. The van der Waals surface area contributed by atoms with Crippen molar-refractivity contribution in [1.29, 1.82) is 0 Å². The van der Waals surface area contributed by atoms with Crippen molar-refractivity contribution in [2.24, 2.45) is 39.9 Å². The molecule has 0 aliphatic heterocycles. The van der Waals surface area contributed by atoms with Gasteiger partial charge in [-0.3, -0.25) is 0 Å². The fourth-order valence-corrected chi connectivity index (χ4v) is 9.04. The second-order valence-electron chi connectivity index (χ2n) is 12.9. The van der Waals surface area contributed by atoms with Crippen molar-refractivity contribution in [1.82, 2.24) is 0 Å². The maximum Gasteiger partial charge on any atom is 0.0431 e. The Kier molecular flexibility index (Phi) is 7.57. The van der Waals surface area contributed by atoms with Crippen LogP contribution in [0.15, 0.2) is 22.8 Å². The first kappa shape index (κ1) is 25.1. The summed E-state index contributed by atoms with van der Waals surface area (Å²) in [5.74, 6) is 3.22. The van der Waals surface area contributed by atoms with Gasteiger partial charge in [-0.2, -0.15) is 0 Å². The number of rotatable bonds is 7. The van der Waals surface area contributed by atoms with Crippen LogP contribution in [0, 0.1) is 39.9 Å². The van der Waals surface area contributed by atoms with Gasteiger partial charge in [-0.1, -0.05) is 50.5 Å². The molecule has 31 heavy (non-hydrogen) atoms. The van der Waals surface area contributed by atoms with E-state index in [1.165, 1.54) is 63.4 Å². The molecule has 0 aromatic heterocycles. The first-order chi connectivity index (χ1) is 14.5. The van der Waals surface area contributed by atoms with Gasteiger partial charge in [0.1, 0.15) is 0 Å². The van der Waals surface area contributed by atoms with E-state index in [0.717, 1.165) is 24.2 Å². The molecule has 0 spiro atoms. The molecule has 1 nitrogen and oxygen atoms in total. The minimum absolute atomic E-state index is 0.341. The molecule has 3 fully saturated rings. The van der Waals surface area contributed by atoms with E-state index in [2.05, 4.69) is 61.5 Å². The monoisotopic (exact) mass is 428 g/mol.